The molecule has 0 fully saturated rings. The molecule has 97 heavy (non-hydrogen) atoms. The van der Waals surface area contributed by atoms with Crippen molar-refractivity contribution in [2.24, 2.45) is 11.8 Å². The van der Waals surface area contributed by atoms with E-state index in [0.29, 0.717) is 24.9 Å². The summed E-state index contributed by atoms with van der Waals surface area (Å²) in [6.07, 6.45) is 29.3. The van der Waals surface area contributed by atoms with Gasteiger partial charge in [0.05, 0.1) is 21.2 Å². The summed E-state index contributed by atoms with van der Waals surface area (Å²) in [7, 11) is 0. The summed E-state index contributed by atoms with van der Waals surface area (Å²) in [4.78, 5) is 44.5. The fraction of sp³-hybridized carbons (Fsp3) is 0.477. The Labute approximate surface area is 597 Å². The van der Waals surface area contributed by atoms with Gasteiger partial charge in [0.2, 0.25) is 11.8 Å². The third kappa shape index (κ3) is 15.8. The van der Waals surface area contributed by atoms with Gasteiger partial charge in [-0.2, -0.15) is 0 Å². The van der Waals surface area contributed by atoms with Crippen LogP contribution in [0.4, 0.5) is 11.4 Å². The zero-order valence-corrected chi connectivity index (χ0v) is 63.4. The maximum absolute atomic E-state index is 16.3. The van der Waals surface area contributed by atoms with Crippen LogP contribution in [0.5, 0.6) is 0 Å². The minimum Gasteiger partial charge on any atom is -0.455 e. The van der Waals surface area contributed by atoms with Gasteiger partial charge in [-0.3, -0.25) is 9.59 Å². The van der Waals surface area contributed by atoms with Crippen LogP contribution >= 0.6 is 45.3 Å². The number of amides is 2. The fourth-order valence-electron chi connectivity index (χ4n) is 15.6. The van der Waals surface area contributed by atoms with Crippen molar-refractivity contribution >= 4 is 99.7 Å². The lowest BCUT2D eigenvalue weighted by molar-refractivity contribution is -0.125. The number of unbranched alkanes of at least 4 members (excludes halogenated alkanes) is 16. The largest absolute Gasteiger partial charge is 0.455 e. The first kappa shape index (κ1) is 70.8. The lowest BCUT2D eigenvalue weighted by Crippen LogP contribution is -2.39. The first-order valence-electron chi connectivity index (χ1n) is 37.8. The zero-order chi connectivity index (χ0) is 67.8. The highest BCUT2D eigenvalue weighted by Crippen LogP contribution is 2.56. The lowest BCUT2D eigenvalue weighted by Gasteiger charge is -2.27. The van der Waals surface area contributed by atoms with Gasteiger partial charge >= 0.3 is 0 Å². The van der Waals surface area contributed by atoms with E-state index in [9.17, 15) is 0 Å². The molecule has 12 rings (SSSR count). The van der Waals surface area contributed by atoms with Gasteiger partial charge < -0.3 is 14.2 Å². The maximum Gasteiger partial charge on any atom is 0.235 e. The summed E-state index contributed by atoms with van der Waals surface area (Å²) in [5, 5.41) is 3.58. The van der Waals surface area contributed by atoms with Crippen LogP contribution in [0.2, 0.25) is 0 Å². The zero-order valence-electron chi connectivity index (χ0n) is 60.1. The quantitative estimate of drug-likeness (QED) is 0.0378. The summed E-state index contributed by atoms with van der Waals surface area (Å²) < 4.78 is 9.81. The lowest BCUT2D eigenvalue weighted by atomic mass is 9.82. The van der Waals surface area contributed by atoms with Crippen LogP contribution in [0.1, 0.15) is 256 Å². The second kappa shape index (κ2) is 32.0. The van der Waals surface area contributed by atoms with Crippen molar-refractivity contribution in [3.63, 3.8) is 0 Å². The molecule has 7 heterocycles. The topological polar surface area (TPSA) is 53.8 Å². The van der Waals surface area contributed by atoms with Crippen LogP contribution < -0.4 is 9.80 Å². The van der Waals surface area contributed by atoms with E-state index in [0.717, 1.165) is 87.3 Å². The van der Waals surface area contributed by atoms with E-state index >= 15 is 9.59 Å². The van der Waals surface area contributed by atoms with E-state index in [2.05, 4.69) is 212 Å². The van der Waals surface area contributed by atoms with Crippen molar-refractivity contribution < 1.29 is 14.0 Å². The Hall–Kier alpha value is -6.10. The molecule has 9 heteroatoms. The average molecular weight is 1370 g/mol. The monoisotopic (exact) mass is 1370 g/mol. The Morgan fingerprint density at radius 3 is 1.34 bits per heavy atom. The van der Waals surface area contributed by atoms with Gasteiger partial charge in [-0.25, -0.2) is 0 Å². The summed E-state index contributed by atoms with van der Waals surface area (Å²) in [6.45, 7) is 24.4. The molecule has 0 spiro atoms. The Bertz CT molecular complexity index is 4250. The van der Waals surface area contributed by atoms with Gasteiger partial charge in [0.15, 0.2) is 0 Å². The van der Waals surface area contributed by atoms with Crippen molar-refractivity contribution in [3.8, 4) is 53.1 Å². The molecule has 5 aromatic heterocycles. The standard InChI is InChI=1S/C88H108N2O3S4/c1-11-15-19-23-25-31-39-59(37-29-21-17-13-3)57-89-69-53-63(71-49-50-73(94-71)74-55-67-78-77(61-41-33-27-34-42-61)81(62-43-35-28-36-44-62)93-82(78)68-56-76(88(8,9)10)97-84(68)83(67)96-74)45-47-65(69)79(85(89)91)80-66-48-46-64(72-51-52-75(95-72)87(5,6)7)54-70(66)90(86(80)92)58-60(38-30-22-18-14-4)40-32-26-24-20-16-12-2/h27-28,33-36,41-56,59-60,79-80H,11-26,29-32,37-40,57-58H2,1-10H3. The number of thiophene rings is 4. The molecule has 5 aromatic carbocycles. The number of fused-ring (bicyclic) bond motifs is 8. The average Bonchev–Trinajstić information content (AvgIpc) is 1.56. The normalized spacial score (nSPS) is 15.7. The van der Waals surface area contributed by atoms with Gasteiger partial charge in [-0.1, -0.05) is 283 Å². The summed E-state index contributed by atoms with van der Waals surface area (Å²) in [6, 6.07) is 49.2. The predicted molar refractivity (Wildman–Crippen MR) is 424 cm³/mol. The number of carbonyl (C=O) groups is 2. The Kier molecular flexibility index (Phi) is 23.4. The maximum atomic E-state index is 16.3. The predicted octanol–water partition coefficient (Wildman–Crippen LogP) is 28.2. The summed E-state index contributed by atoms with van der Waals surface area (Å²) >= 11 is 7.52. The Balaban J connectivity index is 0.950. The molecule has 2 aliphatic rings. The van der Waals surface area contributed by atoms with Crippen molar-refractivity contribution in [1.29, 1.82) is 0 Å². The molecule has 4 unspecified atom stereocenters. The summed E-state index contributed by atoms with van der Waals surface area (Å²) in [5.74, 6) is 0.640. The minimum atomic E-state index is -0.620. The molecular formula is C88H108N2O3S4. The molecule has 0 radical (unpaired) electrons. The van der Waals surface area contributed by atoms with Gasteiger partial charge in [0.1, 0.15) is 11.3 Å². The van der Waals surface area contributed by atoms with Crippen molar-refractivity contribution in [3.05, 3.63) is 154 Å². The van der Waals surface area contributed by atoms with E-state index in [4.69, 9.17) is 4.42 Å². The van der Waals surface area contributed by atoms with Crippen LogP contribution in [0.3, 0.4) is 0 Å². The molecule has 0 aliphatic carbocycles. The van der Waals surface area contributed by atoms with Crippen molar-refractivity contribution in [1.82, 2.24) is 0 Å². The third-order valence-electron chi connectivity index (χ3n) is 21.1. The number of carbonyl (C=O) groups excluding carboxylic acids is 2. The Morgan fingerprint density at radius 1 is 0.402 bits per heavy atom. The van der Waals surface area contributed by atoms with Gasteiger partial charge in [-0.15, -0.1) is 45.3 Å². The molecule has 0 N–H and O–H groups in total. The first-order valence-corrected chi connectivity index (χ1v) is 41.0. The van der Waals surface area contributed by atoms with E-state index < -0.39 is 11.8 Å². The van der Waals surface area contributed by atoms with Crippen LogP contribution in [0.25, 0.3) is 84.2 Å². The van der Waals surface area contributed by atoms with Crippen molar-refractivity contribution in [2.45, 2.75) is 246 Å². The Morgan fingerprint density at radius 2 is 0.845 bits per heavy atom. The highest BCUT2D eigenvalue weighted by molar-refractivity contribution is 7.31. The number of hydrogen-bond donors (Lipinski definition) is 0. The van der Waals surface area contributed by atoms with E-state index in [-0.39, 0.29) is 22.6 Å². The highest BCUT2D eigenvalue weighted by Gasteiger charge is 2.51. The SMILES string of the molecule is CCCCCCCCC(CCCCCC)CN1C(=O)C(C2C(=O)N(CC(CCCCCC)CCCCCCCC)c3cc(-c4ccc(C(C)(C)C)s4)ccc32)c2ccc(-c3ccc(-c4cc5c(s4)c4sc(C(C)(C)C)cc4c4oc(-c6ccccc6)c(-c6ccccc6)c54)s3)cc21. The van der Waals surface area contributed by atoms with Crippen LogP contribution in [0, 0.1) is 11.8 Å². The van der Waals surface area contributed by atoms with E-state index in [1.54, 1.807) is 0 Å². The highest BCUT2D eigenvalue weighted by atomic mass is 32.1. The molecule has 4 atom stereocenters. The second-order valence-corrected chi connectivity index (χ2v) is 35.0. The molecule has 0 saturated heterocycles. The van der Waals surface area contributed by atoms with Gasteiger partial charge in [0, 0.05) is 81.0 Å². The molecular weight excluding hydrogens is 1260 g/mol. The number of hydrogen-bond acceptors (Lipinski definition) is 7. The van der Waals surface area contributed by atoms with E-state index in [1.807, 2.05) is 45.3 Å². The van der Waals surface area contributed by atoms with Crippen molar-refractivity contribution in [2.75, 3.05) is 22.9 Å². The number of anilines is 2. The molecule has 2 amide bonds. The fourth-order valence-corrected chi connectivity index (χ4v) is 20.3. The molecule has 512 valence electrons. The molecule has 0 saturated carbocycles. The molecule has 5 nitrogen and oxygen atoms in total. The minimum absolute atomic E-state index is 0.0337. The summed E-state index contributed by atoms with van der Waals surface area (Å²) in [5.41, 5.74) is 10.6. The van der Waals surface area contributed by atoms with Crippen LogP contribution in [0.15, 0.2) is 138 Å². The van der Waals surface area contributed by atoms with E-state index in [1.165, 1.54) is 183 Å². The molecule has 0 bridgehead atoms. The van der Waals surface area contributed by atoms with Gasteiger partial charge in [0.25, 0.3) is 0 Å². The number of rotatable bonds is 34. The second-order valence-electron chi connectivity index (χ2n) is 30.7. The smallest absolute Gasteiger partial charge is 0.235 e. The van der Waals surface area contributed by atoms with Crippen LogP contribution in [-0.2, 0) is 20.4 Å². The third-order valence-corrected chi connectivity index (χ3v) is 26.9. The van der Waals surface area contributed by atoms with Crippen LogP contribution in [-0.4, -0.2) is 24.9 Å². The van der Waals surface area contributed by atoms with Gasteiger partial charge in [-0.05, 0) is 125 Å². The first-order chi connectivity index (χ1) is 47.1. The molecule has 10 aromatic rings. The number of furan rings is 1. The number of benzene rings is 5. The number of nitrogens with zero attached hydrogens (tertiary/aromatic N) is 2. The molecule has 2 aliphatic heterocycles.